The minimum absolute atomic E-state index is 0.0285. The van der Waals surface area contributed by atoms with E-state index in [4.69, 9.17) is 11.6 Å². The first-order chi connectivity index (χ1) is 8.13. The third kappa shape index (κ3) is 5.20. The number of hydrogen-bond donors (Lipinski definition) is 2. The minimum atomic E-state index is 0.0285. The molecule has 0 fully saturated rings. The second-order valence-electron chi connectivity index (χ2n) is 4.01. The number of rotatable bonds is 6. The van der Waals surface area contributed by atoms with Crippen molar-refractivity contribution < 1.29 is 4.79 Å². The van der Waals surface area contributed by atoms with Crippen LogP contribution < -0.4 is 10.6 Å². The maximum atomic E-state index is 11.4. The van der Waals surface area contributed by atoms with Crippen LogP contribution in [0.25, 0.3) is 0 Å². The molecule has 0 aliphatic heterocycles. The van der Waals surface area contributed by atoms with Crippen LogP contribution in [-0.4, -0.2) is 19.0 Å². The molecule has 1 atom stereocenters. The standard InChI is InChI=1S/C13H19ClN2O/c1-3-7-15-13(17)9-16-10(2)11-5-4-6-12(14)8-11/h4-6,8,10,16H,3,7,9H2,1-2H3,(H,15,17). The van der Waals surface area contributed by atoms with Crippen LogP contribution in [0.4, 0.5) is 0 Å². The predicted octanol–water partition coefficient (Wildman–Crippen LogP) is 2.52. The van der Waals surface area contributed by atoms with Gasteiger partial charge in [0.1, 0.15) is 0 Å². The normalized spacial score (nSPS) is 12.2. The van der Waals surface area contributed by atoms with Gasteiger partial charge in [-0.05, 0) is 31.0 Å². The second-order valence-corrected chi connectivity index (χ2v) is 4.44. The van der Waals surface area contributed by atoms with Crippen molar-refractivity contribution in [3.8, 4) is 0 Å². The maximum absolute atomic E-state index is 11.4. The Labute approximate surface area is 108 Å². The Balaban J connectivity index is 2.39. The Kier molecular flexibility index (Phi) is 6.01. The molecule has 0 heterocycles. The number of hydrogen-bond acceptors (Lipinski definition) is 2. The molecule has 3 nitrogen and oxygen atoms in total. The highest BCUT2D eigenvalue weighted by atomic mass is 35.5. The molecular formula is C13H19ClN2O. The average Bonchev–Trinajstić information content (AvgIpc) is 2.33. The number of benzene rings is 1. The van der Waals surface area contributed by atoms with Crippen molar-refractivity contribution in [2.45, 2.75) is 26.3 Å². The van der Waals surface area contributed by atoms with Gasteiger partial charge in [-0.2, -0.15) is 0 Å². The lowest BCUT2D eigenvalue weighted by molar-refractivity contribution is -0.120. The lowest BCUT2D eigenvalue weighted by atomic mass is 10.1. The third-order valence-corrected chi connectivity index (χ3v) is 2.72. The summed E-state index contributed by atoms with van der Waals surface area (Å²) < 4.78 is 0. The second kappa shape index (κ2) is 7.30. The van der Waals surface area contributed by atoms with Gasteiger partial charge in [-0.3, -0.25) is 4.79 Å². The van der Waals surface area contributed by atoms with Gasteiger partial charge in [0, 0.05) is 17.6 Å². The van der Waals surface area contributed by atoms with Crippen LogP contribution in [0.1, 0.15) is 31.9 Å². The fourth-order valence-corrected chi connectivity index (χ4v) is 1.67. The van der Waals surface area contributed by atoms with Crippen LogP contribution in [-0.2, 0) is 4.79 Å². The lowest BCUT2D eigenvalue weighted by Crippen LogP contribution is -2.35. The molecule has 1 aromatic carbocycles. The van der Waals surface area contributed by atoms with Gasteiger partial charge in [0.05, 0.1) is 6.54 Å². The van der Waals surface area contributed by atoms with Crippen LogP contribution in [0.5, 0.6) is 0 Å². The topological polar surface area (TPSA) is 41.1 Å². The van der Waals surface area contributed by atoms with Crippen LogP contribution in [0.15, 0.2) is 24.3 Å². The van der Waals surface area contributed by atoms with E-state index in [1.54, 1.807) is 0 Å². The summed E-state index contributed by atoms with van der Waals surface area (Å²) in [4.78, 5) is 11.4. The summed E-state index contributed by atoms with van der Waals surface area (Å²) in [7, 11) is 0. The number of amides is 1. The van der Waals surface area contributed by atoms with Crippen LogP contribution in [0.2, 0.25) is 5.02 Å². The minimum Gasteiger partial charge on any atom is -0.355 e. The van der Waals surface area contributed by atoms with Crippen molar-refractivity contribution in [1.29, 1.82) is 0 Å². The van der Waals surface area contributed by atoms with Gasteiger partial charge in [0.25, 0.3) is 0 Å². The summed E-state index contributed by atoms with van der Waals surface area (Å²) in [6.45, 7) is 5.10. The molecule has 0 aromatic heterocycles. The third-order valence-electron chi connectivity index (χ3n) is 2.49. The van der Waals surface area contributed by atoms with Crippen LogP contribution >= 0.6 is 11.6 Å². The number of nitrogens with one attached hydrogen (secondary N) is 2. The van der Waals surface area contributed by atoms with Crippen LogP contribution in [0.3, 0.4) is 0 Å². The molecule has 0 radical (unpaired) electrons. The smallest absolute Gasteiger partial charge is 0.233 e. The number of halogens is 1. The van der Waals surface area contributed by atoms with E-state index in [1.807, 2.05) is 38.1 Å². The molecule has 0 saturated heterocycles. The zero-order chi connectivity index (χ0) is 12.7. The van der Waals surface area contributed by atoms with Gasteiger partial charge in [-0.1, -0.05) is 30.7 Å². The number of carbonyl (C=O) groups is 1. The first-order valence-corrected chi connectivity index (χ1v) is 6.26. The summed E-state index contributed by atoms with van der Waals surface area (Å²) >= 11 is 5.91. The molecule has 0 aliphatic carbocycles. The van der Waals surface area contributed by atoms with Gasteiger partial charge in [-0.15, -0.1) is 0 Å². The van der Waals surface area contributed by atoms with Crippen molar-refractivity contribution in [2.75, 3.05) is 13.1 Å². The largest absolute Gasteiger partial charge is 0.355 e. The Morgan fingerprint density at radius 1 is 1.47 bits per heavy atom. The lowest BCUT2D eigenvalue weighted by Gasteiger charge is -2.14. The van der Waals surface area contributed by atoms with E-state index in [2.05, 4.69) is 10.6 Å². The SMILES string of the molecule is CCCNC(=O)CNC(C)c1cccc(Cl)c1. The summed E-state index contributed by atoms with van der Waals surface area (Å²) in [6, 6.07) is 7.76. The molecule has 4 heteroatoms. The van der Waals surface area contributed by atoms with Gasteiger partial charge < -0.3 is 10.6 Å². The molecule has 0 spiro atoms. The fraction of sp³-hybridized carbons (Fsp3) is 0.462. The predicted molar refractivity (Wildman–Crippen MR) is 71.2 cm³/mol. The quantitative estimate of drug-likeness (QED) is 0.819. The molecule has 1 rings (SSSR count). The molecule has 94 valence electrons. The highest BCUT2D eigenvalue weighted by Gasteiger charge is 2.07. The Morgan fingerprint density at radius 3 is 2.88 bits per heavy atom. The Hall–Kier alpha value is -1.06. The summed E-state index contributed by atoms with van der Waals surface area (Å²) in [5.74, 6) is 0.0285. The molecule has 1 amide bonds. The monoisotopic (exact) mass is 254 g/mol. The molecule has 1 aromatic rings. The van der Waals surface area contributed by atoms with Crippen molar-refractivity contribution in [2.24, 2.45) is 0 Å². The molecular weight excluding hydrogens is 236 g/mol. The molecule has 0 bridgehead atoms. The van der Waals surface area contributed by atoms with Crippen molar-refractivity contribution in [1.82, 2.24) is 10.6 Å². The summed E-state index contributed by atoms with van der Waals surface area (Å²) in [5.41, 5.74) is 1.08. The Bertz CT molecular complexity index is 368. The van der Waals surface area contributed by atoms with E-state index in [0.29, 0.717) is 11.6 Å². The first kappa shape index (κ1) is 14.0. The molecule has 2 N–H and O–H groups in total. The Morgan fingerprint density at radius 2 is 2.24 bits per heavy atom. The van der Waals surface area contributed by atoms with E-state index < -0.39 is 0 Å². The highest BCUT2D eigenvalue weighted by molar-refractivity contribution is 6.30. The van der Waals surface area contributed by atoms with Gasteiger partial charge >= 0.3 is 0 Å². The number of carbonyl (C=O) groups excluding carboxylic acids is 1. The molecule has 0 aliphatic rings. The van der Waals surface area contributed by atoms with Crippen molar-refractivity contribution in [3.63, 3.8) is 0 Å². The fourth-order valence-electron chi connectivity index (χ4n) is 1.47. The van der Waals surface area contributed by atoms with Crippen LogP contribution in [0, 0.1) is 0 Å². The maximum Gasteiger partial charge on any atom is 0.233 e. The zero-order valence-corrected chi connectivity index (χ0v) is 11.1. The van der Waals surface area contributed by atoms with Crippen molar-refractivity contribution >= 4 is 17.5 Å². The molecule has 0 saturated carbocycles. The molecule has 1 unspecified atom stereocenters. The molecule has 17 heavy (non-hydrogen) atoms. The summed E-state index contributed by atoms with van der Waals surface area (Å²) in [5, 5.41) is 6.70. The van der Waals surface area contributed by atoms with E-state index in [1.165, 1.54) is 0 Å². The summed E-state index contributed by atoms with van der Waals surface area (Å²) in [6.07, 6.45) is 0.954. The van der Waals surface area contributed by atoms with E-state index in [-0.39, 0.29) is 11.9 Å². The zero-order valence-electron chi connectivity index (χ0n) is 10.3. The van der Waals surface area contributed by atoms with Crippen molar-refractivity contribution in [3.05, 3.63) is 34.9 Å². The van der Waals surface area contributed by atoms with E-state index in [9.17, 15) is 4.79 Å². The van der Waals surface area contributed by atoms with E-state index >= 15 is 0 Å². The average molecular weight is 255 g/mol. The van der Waals surface area contributed by atoms with Gasteiger partial charge in [-0.25, -0.2) is 0 Å². The van der Waals surface area contributed by atoms with Gasteiger partial charge in [0.2, 0.25) is 5.91 Å². The van der Waals surface area contributed by atoms with E-state index in [0.717, 1.165) is 18.5 Å². The first-order valence-electron chi connectivity index (χ1n) is 5.89. The highest BCUT2D eigenvalue weighted by Crippen LogP contribution is 2.16. The van der Waals surface area contributed by atoms with Gasteiger partial charge in [0.15, 0.2) is 0 Å².